The molecule has 4 aromatic rings. The Morgan fingerprint density at radius 2 is 0.467 bits per heavy atom. The van der Waals surface area contributed by atoms with Gasteiger partial charge in [-0.2, -0.15) is 0 Å². The zero-order chi connectivity index (χ0) is 44.2. The summed E-state index contributed by atoms with van der Waals surface area (Å²) < 4.78 is 26.2. The van der Waals surface area contributed by atoms with Gasteiger partial charge in [0.2, 0.25) is 0 Å². The first-order valence-electron chi connectivity index (χ1n) is 20.5. The Morgan fingerprint density at radius 1 is 0.317 bits per heavy atom. The predicted octanol–water partition coefficient (Wildman–Crippen LogP) is 11.3. The molecule has 4 N–H and O–H groups in total. The number of aliphatic hydroxyl groups excluding tert-OH is 4. The summed E-state index contributed by atoms with van der Waals surface area (Å²) in [5.74, 6) is 2.52. The summed E-state index contributed by atoms with van der Waals surface area (Å²) in [7, 11) is 0. The van der Waals surface area contributed by atoms with Gasteiger partial charge in [0.25, 0.3) is 0 Å². The van der Waals surface area contributed by atoms with Crippen LogP contribution in [0, 0.1) is 0 Å². The second-order valence-corrected chi connectivity index (χ2v) is 23.2. The van der Waals surface area contributed by atoms with Gasteiger partial charge in [0.1, 0.15) is 49.4 Å². The number of rotatable bonds is 12. The lowest BCUT2D eigenvalue weighted by Crippen LogP contribution is -2.14. The van der Waals surface area contributed by atoms with Crippen molar-refractivity contribution in [3.05, 3.63) is 70.8 Å². The highest BCUT2D eigenvalue weighted by Gasteiger charge is 2.30. The summed E-state index contributed by atoms with van der Waals surface area (Å²) in [4.78, 5) is 6.81. The molecule has 0 radical (unpaired) electrons. The van der Waals surface area contributed by atoms with Crippen LogP contribution in [0.15, 0.2) is 87.7 Å². The molecule has 0 fully saturated rings. The van der Waals surface area contributed by atoms with Crippen molar-refractivity contribution in [2.75, 3.05) is 52.9 Å². The normalized spacial score (nSPS) is 13.6. The fourth-order valence-corrected chi connectivity index (χ4v) is 11.1. The largest absolute Gasteiger partial charge is 0.489 e. The number of hydrogen-bond acceptors (Lipinski definition) is 12. The van der Waals surface area contributed by atoms with Gasteiger partial charge in [-0.15, -0.1) is 0 Å². The third kappa shape index (κ3) is 11.9. The molecular weight excluding hydrogens is 833 g/mol. The molecule has 0 atom stereocenters. The zero-order valence-corrected chi connectivity index (χ0v) is 40.6. The third-order valence-corrected chi connectivity index (χ3v) is 14.0. The monoisotopic (exact) mass is 896 g/mol. The molecule has 0 unspecified atom stereocenters. The molecule has 4 aromatic carbocycles. The number of ether oxygens (including phenoxy) is 4. The molecule has 60 heavy (non-hydrogen) atoms. The van der Waals surface area contributed by atoms with Crippen LogP contribution in [0.4, 0.5) is 0 Å². The van der Waals surface area contributed by atoms with Crippen molar-refractivity contribution in [2.24, 2.45) is 0 Å². The third-order valence-electron chi connectivity index (χ3n) is 9.78. The van der Waals surface area contributed by atoms with Crippen molar-refractivity contribution in [3.63, 3.8) is 0 Å². The SMILES string of the molecule is CC(C)(C)c1cc2c(OCCO)c(c1)Sc1cc(C(C)(C)C)cc(c1OCCO)Sc1cc(C(C)(C)C)cc(c1OCCO)Sc1cc(C(C)(C)C)cc(c1OCCO)S2. The van der Waals surface area contributed by atoms with Crippen LogP contribution in [0.5, 0.6) is 23.0 Å². The van der Waals surface area contributed by atoms with Gasteiger partial charge < -0.3 is 39.4 Å². The molecule has 0 spiro atoms. The van der Waals surface area contributed by atoms with Crippen LogP contribution in [0.25, 0.3) is 0 Å². The minimum Gasteiger partial charge on any atom is -0.489 e. The van der Waals surface area contributed by atoms with Gasteiger partial charge in [-0.25, -0.2) is 0 Å². The van der Waals surface area contributed by atoms with Crippen molar-refractivity contribution in [2.45, 2.75) is 144 Å². The molecule has 0 aromatic heterocycles. The summed E-state index contributed by atoms with van der Waals surface area (Å²) in [5.41, 5.74) is 3.42. The fraction of sp³-hybridized carbons (Fsp3) is 0.500. The first-order valence-corrected chi connectivity index (χ1v) is 23.8. The lowest BCUT2D eigenvalue weighted by Gasteiger charge is -2.28. The molecule has 0 saturated carbocycles. The van der Waals surface area contributed by atoms with Gasteiger partial charge >= 0.3 is 0 Å². The van der Waals surface area contributed by atoms with E-state index in [2.05, 4.69) is 132 Å². The van der Waals surface area contributed by atoms with Crippen LogP contribution in [-0.4, -0.2) is 73.3 Å². The highest BCUT2D eigenvalue weighted by molar-refractivity contribution is 8.01. The molecule has 8 bridgehead atoms. The number of hydrogen-bond donors (Lipinski definition) is 4. The average Bonchev–Trinajstić information content (AvgIpc) is 3.14. The minimum atomic E-state index is -0.242. The molecule has 0 aliphatic carbocycles. The maximum atomic E-state index is 10.1. The van der Waals surface area contributed by atoms with E-state index in [1.165, 1.54) is 0 Å². The second-order valence-electron chi connectivity index (χ2n) is 18.9. The highest BCUT2D eigenvalue weighted by atomic mass is 32.2. The molecule has 5 rings (SSSR count). The van der Waals surface area contributed by atoms with E-state index < -0.39 is 0 Å². The van der Waals surface area contributed by atoms with Crippen molar-refractivity contribution in [1.29, 1.82) is 0 Å². The Kier molecular flexibility index (Phi) is 15.9. The van der Waals surface area contributed by atoms with Gasteiger partial charge in [-0.05, 0) is 92.4 Å². The van der Waals surface area contributed by atoms with Crippen molar-refractivity contribution in [1.82, 2.24) is 0 Å². The highest BCUT2D eigenvalue weighted by Crippen LogP contribution is 2.56. The summed E-state index contributed by atoms with van der Waals surface area (Å²) in [5, 5.41) is 40.5. The standard InChI is InChI=1S/C48H64O8S4/c1-45(2,3)29-21-33-41(53-17-13-49)34(22-29)58-36-24-31(47(7,8)9)26-38(43(36)55-19-15-51)60-40-28-32(48(10,11)12)27-39(44(40)56-20-16-52)59-37-25-30(46(4,5)6)23-35(57-33)42(37)54-18-14-50/h21-28,49-52H,13-20H2,1-12H3. The van der Waals surface area contributed by atoms with Crippen LogP contribution in [0.1, 0.15) is 105 Å². The van der Waals surface area contributed by atoms with E-state index in [1.54, 1.807) is 47.0 Å². The molecule has 1 heterocycles. The number of fused-ring (bicyclic) bond motifs is 8. The van der Waals surface area contributed by atoms with Crippen LogP contribution >= 0.6 is 47.0 Å². The van der Waals surface area contributed by atoms with Gasteiger partial charge in [0, 0.05) is 0 Å². The average molecular weight is 897 g/mol. The fourth-order valence-electron chi connectivity index (χ4n) is 6.28. The molecule has 8 nitrogen and oxygen atoms in total. The van der Waals surface area contributed by atoms with Crippen molar-refractivity contribution >= 4 is 47.0 Å². The first kappa shape index (κ1) is 48.4. The van der Waals surface area contributed by atoms with E-state index in [0.29, 0.717) is 23.0 Å². The predicted molar refractivity (Wildman–Crippen MR) is 247 cm³/mol. The topological polar surface area (TPSA) is 118 Å². The number of benzene rings is 4. The number of aliphatic hydroxyl groups is 4. The summed E-state index contributed by atoms with van der Waals surface area (Å²) in [6.07, 6.45) is 0. The van der Waals surface area contributed by atoms with E-state index >= 15 is 0 Å². The van der Waals surface area contributed by atoms with Crippen LogP contribution in [0.3, 0.4) is 0 Å². The Hall–Kier alpha value is -2.68. The van der Waals surface area contributed by atoms with Crippen molar-refractivity contribution in [3.8, 4) is 23.0 Å². The summed E-state index contributed by atoms with van der Waals surface area (Å²) >= 11 is 6.18. The molecule has 0 saturated heterocycles. The quantitative estimate of drug-likeness (QED) is 0.0955. The van der Waals surface area contributed by atoms with Crippen molar-refractivity contribution < 1.29 is 39.4 Å². The van der Waals surface area contributed by atoms with E-state index in [4.69, 9.17) is 18.9 Å². The van der Waals surface area contributed by atoms with Gasteiger partial charge in [-0.3, -0.25) is 0 Å². The molecule has 328 valence electrons. The maximum Gasteiger partial charge on any atom is 0.147 e. The Morgan fingerprint density at radius 3 is 0.583 bits per heavy atom. The van der Waals surface area contributed by atoms with Crippen LogP contribution in [0.2, 0.25) is 0 Å². The second kappa shape index (κ2) is 19.8. The maximum absolute atomic E-state index is 10.1. The first-order chi connectivity index (χ1) is 28.1. The van der Waals surface area contributed by atoms with Gasteiger partial charge in [-0.1, -0.05) is 130 Å². The smallest absolute Gasteiger partial charge is 0.147 e. The van der Waals surface area contributed by atoms with Crippen LogP contribution in [-0.2, 0) is 21.7 Å². The molecule has 1 aliphatic rings. The van der Waals surface area contributed by atoms with Crippen LogP contribution < -0.4 is 18.9 Å². The Bertz CT molecular complexity index is 1730. The molecule has 12 heteroatoms. The van der Waals surface area contributed by atoms with Gasteiger partial charge in [0.05, 0.1) is 65.6 Å². The van der Waals surface area contributed by atoms with E-state index in [1.807, 2.05) is 0 Å². The molecular formula is C48H64O8S4. The lowest BCUT2D eigenvalue weighted by molar-refractivity contribution is 0.194. The van der Waals surface area contributed by atoms with E-state index in [-0.39, 0.29) is 74.5 Å². The Labute approximate surface area is 374 Å². The van der Waals surface area contributed by atoms with Gasteiger partial charge in [0.15, 0.2) is 0 Å². The Balaban J connectivity index is 2.02. The summed E-state index contributed by atoms with van der Waals surface area (Å²) in [6.45, 7) is 26.0. The lowest BCUT2D eigenvalue weighted by atomic mass is 9.87. The molecule has 0 amide bonds. The summed E-state index contributed by atoms with van der Waals surface area (Å²) in [6, 6.07) is 17.4. The van der Waals surface area contributed by atoms with E-state index in [0.717, 1.165) is 61.4 Å². The van der Waals surface area contributed by atoms with E-state index in [9.17, 15) is 20.4 Å². The zero-order valence-electron chi connectivity index (χ0n) is 37.3. The minimum absolute atomic E-state index is 0.0887. The molecule has 1 aliphatic heterocycles.